The molecule has 0 heterocycles. The van der Waals surface area contributed by atoms with Gasteiger partial charge in [-0.1, -0.05) is 26.0 Å². The summed E-state index contributed by atoms with van der Waals surface area (Å²) in [4.78, 5) is 22.2. The number of ketones is 1. The van der Waals surface area contributed by atoms with Crippen LogP contribution in [0, 0.1) is 0 Å². The van der Waals surface area contributed by atoms with Crippen LogP contribution in [0.1, 0.15) is 38.7 Å². The highest BCUT2D eigenvalue weighted by molar-refractivity contribution is 5.89. The van der Waals surface area contributed by atoms with Gasteiger partial charge in [-0.3, -0.25) is 4.79 Å². The van der Waals surface area contributed by atoms with Gasteiger partial charge in [-0.2, -0.15) is 0 Å². The number of benzene rings is 1. The molecule has 0 unspecified atom stereocenters. The first-order chi connectivity index (χ1) is 8.49. The van der Waals surface area contributed by atoms with Gasteiger partial charge in [0.1, 0.15) is 5.78 Å². The van der Waals surface area contributed by atoms with Crippen LogP contribution >= 0.6 is 0 Å². The molecule has 0 radical (unpaired) electrons. The van der Waals surface area contributed by atoms with Crippen LogP contribution in [-0.4, -0.2) is 18.4 Å². The summed E-state index contributed by atoms with van der Waals surface area (Å²) in [6.45, 7) is 6.11. The van der Waals surface area contributed by atoms with Gasteiger partial charge >= 0.3 is 6.03 Å². The van der Waals surface area contributed by atoms with E-state index in [4.69, 9.17) is 0 Å². The van der Waals surface area contributed by atoms with Gasteiger partial charge in [0.05, 0.1) is 0 Å². The number of anilines is 1. The molecule has 4 nitrogen and oxygen atoms in total. The number of carbonyl (C=O) groups is 2. The van der Waals surface area contributed by atoms with Gasteiger partial charge in [-0.15, -0.1) is 0 Å². The summed E-state index contributed by atoms with van der Waals surface area (Å²) in [7, 11) is 0. The lowest BCUT2D eigenvalue weighted by Gasteiger charge is -2.09. The summed E-state index contributed by atoms with van der Waals surface area (Å²) in [5.74, 6) is 0.542. The molecule has 0 bridgehead atoms. The van der Waals surface area contributed by atoms with E-state index in [0.717, 1.165) is 5.69 Å². The van der Waals surface area contributed by atoms with E-state index in [1.54, 1.807) is 0 Å². The Labute approximate surface area is 108 Å². The Kier molecular flexibility index (Phi) is 5.36. The predicted octanol–water partition coefficient (Wildman–Crippen LogP) is 2.91. The Morgan fingerprint density at radius 3 is 2.28 bits per heavy atom. The third kappa shape index (κ3) is 4.99. The molecular weight excluding hydrogens is 228 g/mol. The molecular formula is C14H20N2O2. The van der Waals surface area contributed by atoms with E-state index in [1.165, 1.54) is 12.5 Å². The first kappa shape index (κ1) is 14.2. The van der Waals surface area contributed by atoms with E-state index in [0.29, 0.717) is 18.9 Å². The molecule has 0 aromatic heterocycles. The summed E-state index contributed by atoms with van der Waals surface area (Å²) >= 11 is 0. The second-order valence-electron chi connectivity index (χ2n) is 4.61. The van der Waals surface area contributed by atoms with Gasteiger partial charge < -0.3 is 10.6 Å². The zero-order chi connectivity index (χ0) is 13.5. The summed E-state index contributed by atoms with van der Waals surface area (Å²) in [6.07, 6.45) is 0.361. The predicted molar refractivity (Wildman–Crippen MR) is 72.9 cm³/mol. The van der Waals surface area contributed by atoms with Crippen LogP contribution < -0.4 is 10.6 Å². The Balaban J connectivity index is 2.42. The van der Waals surface area contributed by atoms with Crippen molar-refractivity contribution in [2.24, 2.45) is 0 Å². The fourth-order valence-corrected chi connectivity index (χ4v) is 1.48. The fraction of sp³-hybridized carbons (Fsp3) is 0.429. The lowest BCUT2D eigenvalue weighted by atomic mass is 10.0. The maximum atomic E-state index is 11.5. The Bertz CT molecular complexity index is 410. The minimum absolute atomic E-state index is 0.0663. The molecule has 18 heavy (non-hydrogen) atoms. The normalized spacial score (nSPS) is 10.2. The molecule has 98 valence electrons. The van der Waals surface area contributed by atoms with Crippen molar-refractivity contribution in [1.82, 2.24) is 5.32 Å². The number of nitrogens with one attached hydrogen (secondary N) is 2. The van der Waals surface area contributed by atoms with Crippen molar-refractivity contribution < 1.29 is 9.59 Å². The highest BCUT2D eigenvalue weighted by Crippen LogP contribution is 2.16. The van der Waals surface area contributed by atoms with Gasteiger partial charge in [-0.25, -0.2) is 4.79 Å². The average molecular weight is 248 g/mol. The molecule has 2 N–H and O–H groups in total. The average Bonchev–Trinajstić information content (AvgIpc) is 2.29. The van der Waals surface area contributed by atoms with Crippen LogP contribution in [0.15, 0.2) is 24.3 Å². The molecule has 2 amide bonds. The number of carbonyl (C=O) groups excluding carboxylic acids is 2. The first-order valence-electron chi connectivity index (χ1n) is 6.13. The van der Waals surface area contributed by atoms with Crippen molar-refractivity contribution in [2.45, 2.75) is 33.1 Å². The summed E-state index contributed by atoms with van der Waals surface area (Å²) in [6, 6.07) is 7.46. The fourth-order valence-electron chi connectivity index (χ4n) is 1.48. The molecule has 0 saturated heterocycles. The van der Waals surface area contributed by atoms with Crippen LogP contribution in [0.2, 0.25) is 0 Å². The molecule has 0 aliphatic heterocycles. The van der Waals surface area contributed by atoms with E-state index in [9.17, 15) is 9.59 Å². The van der Waals surface area contributed by atoms with Gasteiger partial charge in [0.25, 0.3) is 0 Å². The molecule has 1 aromatic carbocycles. The maximum absolute atomic E-state index is 11.5. The van der Waals surface area contributed by atoms with Crippen molar-refractivity contribution in [3.05, 3.63) is 29.8 Å². The van der Waals surface area contributed by atoms with Crippen molar-refractivity contribution in [3.8, 4) is 0 Å². The summed E-state index contributed by atoms with van der Waals surface area (Å²) in [5.41, 5.74) is 1.98. The standard InChI is InChI=1S/C14H20N2O2/c1-10(2)12-4-6-13(7-5-12)16-14(18)15-9-8-11(3)17/h4-7,10H,8-9H2,1-3H3,(H2,15,16,18). The number of rotatable bonds is 5. The lowest BCUT2D eigenvalue weighted by molar-refractivity contribution is -0.116. The van der Waals surface area contributed by atoms with Crippen LogP contribution in [0.4, 0.5) is 10.5 Å². The Hall–Kier alpha value is -1.84. The van der Waals surface area contributed by atoms with E-state index in [2.05, 4.69) is 24.5 Å². The van der Waals surface area contributed by atoms with Crippen molar-refractivity contribution in [2.75, 3.05) is 11.9 Å². The second kappa shape index (κ2) is 6.79. The molecule has 0 atom stereocenters. The number of hydrogen-bond acceptors (Lipinski definition) is 2. The monoisotopic (exact) mass is 248 g/mol. The number of amides is 2. The Morgan fingerprint density at radius 2 is 1.78 bits per heavy atom. The molecule has 0 aliphatic carbocycles. The van der Waals surface area contributed by atoms with Crippen LogP contribution in [-0.2, 0) is 4.79 Å². The van der Waals surface area contributed by atoms with E-state index < -0.39 is 0 Å². The lowest BCUT2D eigenvalue weighted by Crippen LogP contribution is -2.30. The largest absolute Gasteiger partial charge is 0.337 e. The van der Waals surface area contributed by atoms with Crippen molar-refractivity contribution in [1.29, 1.82) is 0 Å². The van der Waals surface area contributed by atoms with E-state index in [-0.39, 0.29) is 11.8 Å². The highest BCUT2D eigenvalue weighted by Gasteiger charge is 2.03. The molecule has 0 fully saturated rings. The summed E-state index contributed by atoms with van der Waals surface area (Å²) < 4.78 is 0. The Morgan fingerprint density at radius 1 is 1.17 bits per heavy atom. The van der Waals surface area contributed by atoms with Gasteiger partial charge in [0.15, 0.2) is 0 Å². The quantitative estimate of drug-likeness (QED) is 0.841. The molecule has 0 saturated carbocycles. The van der Waals surface area contributed by atoms with Crippen molar-refractivity contribution in [3.63, 3.8) is 0 Å². The van der Waals surface area contributed by atoms with Crippen LogP contribution in [0.3, 0.4) is 0 Å². The number of hydrogen-bond donors (Lipinski definition) is 2. The molecule has 4 heteroatoms. The van der Waals surface area contributed by atoms with Gasteiger partial charge in [0.2, 0.25) is 0 Å². The van der Waals surface area contributed by atoms with Gasteiger partial charge in [-0.05, 0) is 30.5 Å². The minimum Gasteiger partial charge on any atom is -0.337 e. The van der Waals surface area contributed by atoms with Crippen LogP contribution in [0.5, 0.6) is 0 Å². The zero-order valence-corrected chi connectivity index (χ0v) is 11.1. The second-order valence-corrected chi connectivity index (χ2v) is 4.61. The maximum Gasteiger partial charge on any atom is 0.319 e. The number of urea groups is 1. The third-order valence-corrected chi connectivity index (χ3v) is 2.60. The van der Waals surface area contributed by atoms with Crippen LogP contribution in [0.25, 0.3) is 0 Å². The molecule has 1 rings (SSSR count). The number of Topliss-reactive ketones (excluding diaryl/α,β-unsaturated/α-hetero) is 1. The first-order valence-corrected chi connectivity index (χ1v) is 6.13. The van der Waals surface area contributed by atoms with E-state index >= 15 is 0 Å². The molecule has 1 aromatic rings. The topological polar surface area (TPSA) is 58.2 Å². The molecule has 0 spiro atoms. The van der Waals surface area contributed by atoms with Crippen molar-refractivity contribution >= 4 is 17.5 Å². The smallest absolute Gasteiger partial charge is 0.319 e. The third-order valence-electron chi connectivity index (χ3n) is 2.60. The minimum atomic E-state index is -0.284. The van der Waals surface area contributed by atoms with Gasteiger partial charge in [0, 0.05) is 18.7 Å². The highest BCUT2D eigenvalue weighted by atomic mass is 16.2. The SMILES string of the molecule is CC(=O)CCNC(=O)Nc1ccc(C(C)C)cc1. The van der Waals surface area contributed by atoms with E-state index in [1.807, 2.05) is 24.3 Å². The molecule has 0 aliphatic rings. The zero-order valence-electron chi connectivity index (χ0n) is 11.1. The summed E-state index contributed by atoms with van der Waals surface area (Å²) in [5, 5.41) is 5.35.